The monoisotopic (exact) mass is 336 g/mol. The molecule has 0 amide bonds. The molecule has 1 aliphatic rings. The highest BCUT2D eigenvalue weighted by molar-refractivity contribution is 5.68. The molecule has 3 nitrogen and oxygen atoms in total. The minimum absolute atomic E-state index is 0.0540. The second-order valence-electron chi connectivity index (χ2n) is 5.86. The zero-order chi connectivity index (χ0) is 17.2. The van der Waals surface area contributed by atoms with Crippen molar-refractivity contribution < 1.29 is 18.3 Å². The van der Waals surface area contributed by atoms with Crippen LogP contribution in [0.5, 0.6) is 0 Å². The summed E-state index contributed by atoms with van der Waals surface area (Å²) in [5, 5.41) is 12.3. The molecular weight excluding hydrogens is 317 g/mol. The molecule has 24 heavy (non-hydrogen) atoms. The Morgan fingerprint density at radius 2 is 1.79 bits per heavy atom. The van der Waals surface area contributed by atoms with Crippen LogP contribution in [0.2, 0.25) is 0 Å². The van der Waals surface area contributed by atoms with Crippen LogP contribution < -0.4 is 10.2 Å². The van der Waals surface area contributed by atoms with E-state index in [-0.39, 0.29) is 12.6 Å². The van der Waals surface area contributed by atoms with Crippen LogP contribution in [-0.2, 0) is 12.6 Å². The molecule has 2 N–H and O–H groups in total. The topological polar surface area (TPSA) is 35.5 Å². The molecule has 1 atom stereocenters. The zero-order valence-corrected chi connectivity index (χ0v) is 13.1. The Balaban J connectivity index is 1.90. The van der Waals surface area contributed by atoms with Crippen molar-refractivity contribution in [3.63, 3.8) is 0 Å². The van der Waals surface area contributed by atoms with Gasteiger partial charge in [0, 0.05) is 30.5 Å². The van der Waals surface area contributed by atoms with Crippen molar-refractivity contribution in [3.8, 4) is 0 Å². The van der Waals surface area contributed by atoms with Crippen molar-refractivity contribution in [1.82, 2.24) is 5.32 Å². The maximum Gasteiger partial charge on any atom is 0.416 e. The zero-order valence-electron chi connectivity index (χ0n) is 13.1. The van der Waals surface area contributed by atoms with E-state index in [1.54, 1.807) is 0 Å². The van der Waals surface area contributed by atoms with Gasteiger partial charge in [0.1, 0.15) is 0 Å². The number of halogens is 3. The number of para-hydroxylation sites is 1. The van der Waals surface area contributed by atoms with Gasteiger partial charge in [-0.15, -0.1) is 0 Å². The Morgan fingerprint density at radius 3 is 2.46 bits per heavy atom. The van der Waals surface area contributed by atoms with E-state index in [1.807, 2.05) is 29.2 Å². The maximum absolute atomic E-state index is 12.8. The third-order valence-electron chi connectivity index (χ3n) is 4.20. The summed E-state index contributed by atoms with van der Waals surface area (Å²) in [5.74, 6) is 0. The molecule has 3 rings (SSSR count). The summed E-state index contributed by atoms with van der Waals surface area (Å²) in [7, 11) is 0. The van der Waals surface area contributed by atoms with Crippen LogP contribution in [0.15, 0.2) is 48.5 Å². The summed E-state index contributed by atoms with van der Waals surface area (Å²) in [5.41, 5.74) is 2.23. The van der Waals surface area contributed by atoms with Crippen LogP contribution in [0.1, 0.15) is 11.1 Å². The number of aliphatic hydroxyl groups is 1. The standard InChI is InChI=1S/C18H19F3N2O/c19-18(20,21)14-5-7-16(8-6-14)23-12-15(22-9-10-24)11-13-3-1-2-4-17(13)23/h1-8,15,22,24H,9-12H2. The van der Waals surface area contributed by atoms with Gasteiger partial charge in [0.25, 0.3) is 0 Å². The van der Waals surface area contributed by atoms with Gasteiger partial charge < -0.3 is 15.3 Å². The minimum Gasteiger partial charge on any atom is -0.395 e. The van der Waals surface area contributed by atoms with Gasteiger partial charge in [-0.3, -0.25) is 0 Å². The lowest BCUT2D eigenvalue weighted by Gasteiger charge is -2.36. The van der Waals surface area contributed by atoms with E-state index in [9.17, 15) is 13.2 Å². The molecule has 6 heteroatoms. The number of rotatable bonds is 4. The van der Waals surface area contributed by atoms with Crippen molar-refractivity contribution in [3.05, 3.63) is 59.7 Å². The number of benzene rings is 2. The van der Waals surface area contributed by atoms with E-state index in [2.05, 4.69) is 5.32 Å². The second-order valence-corrected chi connectivity index (χ2v) is 5.86. The third-order valence-corrected chi connectivity index (χ3v) is 4.20. The van der Waals surface area contributed by atoms with Crippen molar-refractivity contribution in [1.29, 1.82) is 0 Å². The van der Waals surface area contributed by atoms with E-state index in [4.69, 9.17) is 5.11 Å². The SMILES string of the molecule is OCCNC1Cc2ccccc2N(c2ccc(C(F)(F)F)cc2)C1. The van der Waals surface area contributed by atoms with Crippen molar-refractivity contribution in [2.24, 2.45) is 0 Å². The molecule has 1 aliphatic heterocycles. The molecule has 0 aromatic heterocycles. The van der Waals surface area contributed by atoms with E-state index >= 15 is 0 Å². The van der Waals surface area contributed by atoms with E-state index in [0.717, 1.165) is 35.5 Å². The number of fused-ring (bicyclic) bond motifs is 1. The molecule has 2 aromatic rings. The summed E-state index contributed by atoms with van der Waals surface area (Å²) in [6, 6.07) is 13.3. The highest BCUT2D eigenvalue weighted by Gasteiger charge is 2.31. The Hall–Kier alpha value is -2.05. The smallest absolute Gasteiger partial charge is 0.395 e. The van der Waals surface area contributed by atoms with Gasteiger partial charge in [0.05, 0.1) is 12.2 Å². The lowest BCUT2D eigenvalue weighted by molar-refractivity contribution is -0.137. The molecule has 1 unspecified atom stereocenters. The number of nitrogens with one attached hydrogen (secondary N) is 1. The van der Waals surface area contributed by atoms with Gasteiger partial charge in [-0.05, 0) is 42.3 Å². The number of hydrogen-bond donors (Lipinski definition) is 2. The van der Waals surface area contributed by atoms with Crippen molar-refractivity contribution in [2.75, 3.05) is 24.6 Å². The molecule has 0 spiro atoms. The third kappa shape index (κ3) is 3.55. The van der Waals surface area contributed by atoms with Gasteiger partial charge in [0.2, 0.25) is 0 Å². The van der Waals surface area contributed by atoms with Gasteiger partial charge in [-0.2, -0.15) is 13.2 Å². The van der Waals surface area contributed by atoms with Crippen LogP contribution in [-0.4, -0.2) is 30.8 Å². The minimum atomic E-state index is -4.33. The van der Waals surface area contributed by atoms with E-state index in [1.165, 1.54) is 12.1 Å². The Kier molecular flexibility index (Phi) is 4.78. The average molecular weight is 336 g/mol. The summed E-state index contributed by atoms with van der Waals surface area (Å²) in [6.45, 7) is 1.19. The van der Waals surface area contributed by atoms with Gasteiger partial charge in [-0.25, -0.2) is 0 Å². The summed E-state index contributed by atoms with van der Waals surface area (Å²) >= 11 is 0. The Bertz CT molecular complexity index is 685. The quantitative estimate of drug-likeness (QED) is 0.899. The van der Waals surface area contributed by atoms with E-state index < -0.39 is 11.7 Å². The Morgan fingerprint density at radius 1 is 1.08 bits per heavy atom. The first kappa shape index (κ1) is 16.8. The first-order chi connectivity index (χ1) is 11.5. The highest BCUT2D eigenvalue weighted by Crippen LogP contribution is 2.35. The average Bonchev–Trinajstić information content (AvgIpc) is 2.58. The fourth-order valence-electron chi connectivity index (χ4n) is 3.08. The van der Waals surface area contributed by atoms with E-state index in [0.29, 0.717) is 13.1 Å². The van der Waals surface area contributed by atoms with Crippen LogP contribution in [0.3, 0.4) is 0 Å². The molecule has 2 aromatic carbocycles. The normalized spacial score (nSPS) is 17.7. The molecule has 0 saturated carbocycles. The number of nitrogens with zero attached hydrogens (tertiary/aromatic N) is 1. The fourth-order valence-corrected chi connectivity index (χ4v) is 3.08. The highest BCUT2D eigenvalue weighted by atomic mass is 19.4. The number of aliphatic hydroxyl groups excluding tert-OH is 1. The van der Waals surface area contributed by atoms with Crippen molar-refractivity contribution >= 4 is 11.4 Å². The number of hydrogen-bond acceptors (Lipinski definition) is 3. The second kappa shape index (κ2) is 6.83. The number of alkyl halides is 3. The van der Waals surface area contributed by atoms with Crippen molar-refractivity contribution in [2.45, 2.75) is 18.6 Å². The van der Waals surface area contributed by atoms with Gasteiger partial charge in [-0.1, -0.05) is 18.2 Å². The molecular formula is C18H19F3N2O. The van der Waals surface area contributed by atoms with Gasteiger partial charge in [0.15, 0.2) is 0 Å². The lowest BCUT2D eigenvalue weighted by Crippen LogP contribution is -2.45. The van der Waals surface area contributed by atoms with Crippen LogP contribution >= 0.6 is 0 Å². The first-order valence-corrected chi connectivity index (χ1v) is 7.86. The largest absolute Gasteiger partial charge is 0.416 e. The molecule has 1 heterocycles. The molecule has 0 aliphatic carbocycles. The maximum atomic E-state index is 12.8. The Labute approximate surface area is 138 Å². The summed E-state index contributed by atoms with van der Waals surface area (Å²) < 4.78 is 38.3. The molecule has 128 valence electrons. The summed E-state index contributed by atoms with van der Waals surface area (Å²) in [4.78, 5) is 2.02. The molecule has 0 fully saturated rings. The predicted molar refractivity (Wildman–Crippen MR) is 87.5 cm³/mol. The van der Waals surface area contributed by atoms with Crippen LogP contribution in [0.25, 0.3) is 0 Å². The fraction of sp³-hybridized carbons (Fsp3) is 0.333. The summed E-state index contributed by atoms with van der Waals surface area (Å²) in [6.07, 6.45) is -3.50. The lowest BCUT2D eigenvalue weighted by atomic mass is 9.97. The van der Waals surface area contributed by atoms with Crippen LogP contribution in [0.4, 0.5) is 24.5 Å². The van der Waals surface area contributed by atoms with Gasteiger partial charge >= 0.3 is 6.18 Å². The molecule has 0 radical (unpaired) electrons. The predicted octanol–water partition coefficient (Wildman–Crippen LogP) is 3.35. The number of anilines is 2. The first-order valence-electron chi connectivity index (χ1n) is 7.86. The van der Waals surface area contributed by atoms with Crippen LogP contribution in [0, 0.1) is 0 Å². The molecule has 0 saturated heterocycles. The molecule has 0 bridgehead atoms.